The molecule has 0 saturated heterocycles. The van der Waals surface area contributed by atoms with Crippen molar-refractivity contribution in [2.75, 3.05) is 11.3 Å². The number of benzene rings is 3. The molecule has 0 saturated carbocycles. The first-order valence-electron chi connectivity index (χ1n) is 11.1. The predicted molar refractivity (Wildman–Crippen MR) is 136 cm³/mol. The molecule has 1 atom stereocenters. The van der Waals surface area contributed by atoms with Gasteiger partial charge in [0.2, 0.25) is 0 Å². The van der Waals surface area contributed by atoms with Gasteiger partial charge >= 0.3 is 5.97 Å². The molecule has 3 aromatic rings. The van der Waals surface area contributed by atoms with Crippen molar-refractivity contribution in [3.8, 4) is 5.75 Å². The molecule has 3 rings (SSSR count). The summed E-state index contributed by atoms with van der Waals surface area (Å²) in [6, 6.07) is 21.9. The van der Waals surface area contributed by atoms with Crippen molar-refractivity contribution in [3.63, 3.8) is 0 Å². The summed E-state index contributed by atoms with van der Waals surface area (Å²) in [4.78, 5) is 11.6. The van der Waals surface area contributed by atoms with Crippen LogP contribution in [0.4, 0.5) is 5.69 Å². The second kappa shape index (κ2) is 11.2. The van der Waals surface area contributed by atoms with Crippen LogP contribution in [0.25, 0.3) is 6.08 Å². The molecule has 7 nitrogen and oxygen atoms in total. The topological polar surface area (TPSA) is 113 Å². The monoisotopic (exact) mass is 495 g/mol. The number of sulfonamides is 1. The van der Waals surface area contributed by atoms with E-state index in [2.05, 4.69) is 4.72 Å². The lowest BCUT2D eigenvalue weighted by atomic mass is 9.85. The van der Waals surface area contributed by atoms with Gasteiger partial charge in [0.05, 0.1) is 23.0 Å². The van der Waals surface area contributed by atoms with Gasteiger partial charge in [-0.25, -0.2) is 8.42 Å². The zero-order valence-electron chi connectivity index (χ0n) is 19.6. The molecule has 3 N–H and O–H groups in total. The van der Waals surface area contributed by atoms with Crippen molar-refractivity contribution in [3.05, 3.63) is 96.1 Å². The first-order valence-corrected chi connectivity index (χ1v) is 12.6. The van der Waals surface area contributed by atoms with Gasteiger partial charge in [-0.1, -0.05) is 54.6 Å². The first kappa shape index (κ1) is 26.0. The van der Waals surface area contributed by atoms with E-state index in [0.717, 1.165) is 5.56 Å². The van der Waals surface area contributed by atoms with Gasteiger partial charge in [0, 0.05) is 12.1 Å². The number of carboxylic acids is 1. The number of aliphatic carboxylic acids is 1. The molecule has 184 valence electrons. The van der Waals surface area contributed by atoms with Crippen LogP contribution in [-0.4, -0.2) is 37.3 Å². The van der Waals surface area contributed by atoms with Gasteiger partial charge in [0.25, 0.3) is 10.0 Å². The Kier molecular flexibility index (Phi) is 8.32. The van der Waals surface area contributed by atoms with Crippen molar-refractivity contribution >= 4 is 27.8 Å². The normalized spacial score (nSPS) is 12.9. The van der Waals surface area contributed by atoms with Gasteiger partial charge < -0.3 is 14.9 Å². The molecule has 0 aliphatic rings. The van der Waals surface area contributed by atoms with Crippen LogP contribution in [0.1, 0.15) is 31.4 Å². The standard InChI is InChI=1S/C27H29NO6S/c1-27(2,26(30)31)21-9-7-11-24(19-21)34-17-16-23(29)15-14-20-8-6-10-22(18-20)28-35(32,33)25-12-4-3-5-13-25/h3-15,18-19,23,28-29H,16-17H2,1-2H3,(H,30,31)/b15-14+/t23-/m0/s1. The molecule has 35 heavy (non-hydrogen) atoms. The van der Waals surface area contributed by atoms with Crippen LogP contribution in [0.2, 0.25) is 0 Å². The fourth-order valence-electron chi connectivity index (χ4n) is 3.23. The Morgan fingerprint density at radius 2 is 1.74 bits per heavy atom. The summed E-state index contributed by atoms with van der Waals surface area (Å²) in [6.07, 6.45) is 2.86. The molecule has 0 spiro atoms. The van der Waals surface area contributed by atoms with Crippen LogP contribution < -0.4 is 9.46 Å². The fraction of sp³-hybridized carbons (Fsp3) is 0.222. The van der Waals surface area contributed by atoms with Crippen LogP contribution in [0.3, 0.4) is 0 Å². The number of rotatable bonds is 11. The Bertz CT molecular complexity index is 1290. The zero-order chi connectivity index (χ0) is 25.5. The second-order valence-corrected chi connectivity index (χ2v) is 10.2. The number of nitrogens with one attached hydrogen (secondary N) is 1. The Labute approximate surface area is 205 Å². The zero-order valence-corrected chi connectivity index (χ0v) is 20.4. The largest absolute Gasteiger partial charge is 0.493 e. The third kappa shape index (κ3) is 7.18. The van der Waals surface area contributed by atoms with E-state index < -0.39 is 27.5 Å². The summed E-state index contributed by atoms with van der Waals surface area (Å²) >= 11 is 0. The highest BCUT2D eigenvalue weighted by Gasteiger charge is 2.29. The molecule has 0 amide bonds. The number of anilines is 1. The van der Waals surface area contributed by atoms with Crippen molar-refractivity contribution < 1.29 is 28.2 Å². The van der Waals surface area contributed by atoms with Crippen LogP contribution in [0, 0.1) is 0 Å². The SMILES string of the molecule is CC(C)(C(=O)O)c1cccc(OCC[C@@H](O)/C=C/c2cccc(NS(=O)(=O)c3ccccc3)c2)c1. The highest BCUT2D eigenvalue weighted by atomic mass is 32.2. The fourth-order valence-corrected chi connectivity index (χ4v) is 4.30. The summed E-state index contributed by atoms with van der Waals surface area (Å²) in [7, 11) is -3.69. The van der Waals surface area contributed by atoms with Gasteiger partial charge in [-0.3, -0.25) is 9.52 Å². The molecule has 0 aliphatic carbocycles. The van der Waals surface area contributed by atoms with Crippen molar-refractivity contribution in [2.45, 2.75) is 36.7 Å². The molecule has 0 unspecified atom stereocenters. The van der Waals surface area contributed by atoms with E-state index in [1.54, 1.807) is 92.7 Å². The van der Waals surface area contributed by atoms with E-state index in [-0.39, 0.29) is 11.5 Å². The third-order valence-corrected chi connectivity index (χ3v) is 6.87. The molecule has 0 bridgehead atoms. The number of aliphatic hydroxyl groups is 1. The summed E-state index contributed by atoms with van der Waals surface area (Å²) in [5.74, 6) is -0.390. The average Bonchev–Trinajstić information content (AvgIpc) is 2.83. The summed E-state index contributed by atoms with van der Waals surface area (Å²) in [5.41, 5.74) is 0.733. The van der Waals surface area contributed by atoms with E-state index in [0.29, 0.717) is 23.4 Å². The van der Waals surface area contributed by atoms with E-state index in [4.69, 9.17) is 4.74 Å². The van der Waals surface area contributed by atoms with E-state index >= 15 is 0 Å². The molecule has 0 radical (unpaired) electrons. The van der Waals surface area contributed by atoms with Gasteiger partial charge in [-0.2, -0.15) is 0 Å². The van der Waals surface area contributed by atoms with E-state index in [1.807, 2.05) is 0 Å². The second-order valence-electron chi connectivity index (χ2n) is 8.57. The quantitative estimate of drug-likeness (QED) is 0.356. The van der Waals surface area contributed by atoms with Crippen LogP contribution in [0.15, 0.2) is 89.8 Å². The minimum atomic E-state index is -3.69. The van der Waals surface area contributed by atoms with Crippen molar-refractivity contribution in [1.82, 2.24) is 0 Å². The molecule has 3 aromatic carbocycles. The maximum absolute atomic E-state index is 12.5. The van der Waals surface area contributed by atoms with Crippen molar-refractivity contribution in [2.24, 2.45) is 0 Å². The Hall–Kier alpha value is -3.62. The van der Waals surface area contributed by atoms with Gasteiger partial charge in [0.15, 0.2) is 0 Å². The molecule has 0 heterocycles. The Balaban J connectivity index is 1.55. The highest BCUT2D eigenvalue weighted by molar-refractivity contribution is 7.92. The third-order valence-electron chi connectivity index (χ3n) is 5.48. The summed E-state index contributed by atoms with van der Waals surface area (Å²) < 4.78 is 33.3. The number of hydrogen-bond donors (Lipinski definition) is 3. The molecule has 0 aliphatic heterocycles. The lowest BCUT2D eigenvalue weighted by molar-refractivity contribution is -0.142. The highest BCUT2D eigenvalue weighted by Crippen LogP contribution is 2.27. The van der Waals surface area contributed by atoms with Crippen LogP contribution in [0.5, 0.6) is 5.75 Å². The predicted octanol–water partition coefficient (Wildman–Crippen LogP) is 4.69. The molecular weight excluding hydrogens is 466 g/mol. The number of ether oxygens (including phenoxy) is 1. The molecule has 0 fully saturated rings. The van der Waals surface area contributed by atoms with Crippen LogP contribution in [-0.2, 0) is 20.2 Å². The number of aliphatic hydroxyl groups excluding tert-OH is 1. The van der Waals surface area contributed by atoms with Gasteiger partial charge in [0.1, 0.15) is 5.75 Å². The smallest absolute Gasteiger partial charge is 0.313 e. The Morgan fingerprint density at radius 1 is 1.03 bits per heavy atom. The maximum atomic E-state index is 12.5. The van der Waals surface area contributed by atoms with E-state index in [1.165, 1.54) is 12.1 Å². The number of carbonyl (C=O) groups is 1. The lowest BCUT2D eigenvalue weighted by Gasteiger charge is -2.20. The summed E-state index contributed by atoms with van der Waals surface area (Å²) in [6.45, 7) is 3.49. The molecule has 0 aromatic heterocycles. The molecule has 8 heteroatoms. The summed E-state index contributed by atoms with van der Waals surface area (Å²) in [5, 5.41) is 19.7. The minimum absolute atomic E-state index is 0.174. The average molecular weight is 496 g/mol. The lowest BCUT2D eigenvalue weighted by Crippen LogP contribution is -2.28. The number of carboxylic acid groups (broad SMARTS) is 1. The van der Waals surface area contributed by atoms with Crippen LogP contribution >= 0.6 is 0 Å². The Morgan fingerprint density at radius 3 is 2.46 bits per heavy atom. The van der Waals surface area contributed by atoms with Gasteiger partial charge in [-0.05, 0) is 61.4 Å². The first-order chi connectivity index (χ1) is 16.6. The minimum Gasteiger partial charge on any atom is -0.493 e. The van der Waals surface area contributed by atoms with Crippen molar-refractivity contribution in [1.29, 1.82) is 0 Å². The van der Waals surface area contributed by atoms with E-state index in [9.17, 15) is 23.4 Å². The number of hydrogen-bond acceptors (Lipinski definition) is 5. The van der Waals surface area contributed by atoms with Gasteiger partial charge in [-0.15, -0.1) is 0 Å². The maximum Gasteiger partial charge on any atom is 0.313 e. The molecular formula is C27H29NO6S.